The number of piperidine rings is 1. The maximum Gasteiger partial charge on any atom is 0.407 e. The topological polar surface area (TPSA) is 80.0 Å². The number of amides is 1. The summed E-state index contributed by atoms with van der Waals surface area (Å²) in [5, 5.41) is 9.41. The van der Waals surface area contributed by atoms with Crippen molar-refractivity contribution < 1.29 is 14.6 Å². The minimum atomic E-state index is -0.874. The van der Waals surface area contributed by atoms with Gasteiger partial charge < -0.3 is 14.7 Å². The van der Waals surface area contributed by atoms with Crippen LogP contribution in [0.5, 0.6) is 11.5 Å². The third-order valence-corrected chi connectivity index (χ3v) is 5.64. The molecule has 3 heterocycles. The van der Waals surface area contributed by atoms with E-state index < -0.39 is 6.09 Å². The molecule has 1 amide bonds. The molecule has 1 aliphatic heterocycles. The monoisotopic (exact) mass is 414 g/mol. The zero-order valence-corrected chi connectivity index (χ0v) is 16.9. The van der Waals surface area contributed by atoms with Crippen molar-refractivity contribution in [3.05, 3.63) is 79.0 Å². The summed E-state index contributed by atoms with van der Waals surface area (Å²) in [6.07, 6.45) is 6.30. The van der Waals surface area contributed by atoms with Crippen molar-refractivity contribution in [1.29, 1.82) is 0 Å². The average Bonchev–Trinajstić information content (AvgIpc) is 3.20. The Balaban J connectivity index is 1.47. The van der Waals surface area contributed by atoms with Crippen LogP contribution < -0.4 is 4.74 Å². The van der Waals surface area contributed by atoms with Gasteiger partial charge in [-0.15, -0.1) is 0 Å². The molecule has 31 heavy (non-hydrogen) atoms. The number of ether oxygens (including phenoxy) is 1. The lowest BCUT2D eigenvalue weighted by atomic mass is 9.97. The summed E-state index contributed by atoms with van der Waals surface area (Å²) in [5.41, 5.74) is 2.70. The first kappa shape index (κ1) is 19.1. The second-order valence-electron chi connectivity index (χ2n) is 7.66. The van der Waals surface area contributed by atoms with Gasteiger partial charge in [0.2, 0.25) is 0 Å². The van der Waals surface area contributed by atoms with Crippen LogP contribution in [0, 0.1) is 0 Å². The van der Waals surface area contributed by atoms with E-state index in [9.17, 15) is 9.90 Å². The molecule has 0 saturated carbocycles. The average molecular weight is 414 g/mol. The van der Waals surface area contributed by atoms with E-state index >= 15 is 0 Å². The van der Waals surface area contributed by atoms with Gasteiger partial charge in [0.25, 0.3) is 0 Å². The normalized spacial score (nSPS) is 16.4. The van der Waals surface area contributed by atoms with Gasteiger partial charge in [0.05, 0.1) is 17.4 Å². The number of benzene rings is 2. The third-order valence-electron chi connectivity index (χ3n) is 5.64. The molecule has 156 valence electrons. The molecule has 4 aromatic rings. The molecule has 0 bridgehead atoms. The lowest BCUT2D eigenvalue weighted by molar-refractivity contribution is 0.129. The first-order valence-electron chi connectivity index (χ1n) is 10.3. The number of nitrogens with zero attached hydrogens (tertiary/aromatic N) is 4. The number of imidazole rings is 1. The van der Waals surface area contributed by atoms with E-state index in [2.05, 4.69) is 4.98 Å². The quantitative estimate of drug-likeness (QED) is 0.506. The SMILES string of the molecule is O=C(O)N1CCC[C@@H](c2nc(-c3ccc(Oc4ccccc4)cc3)c3cnccn23)C1. The lowest BCUT2D eigenvalue weighted by Gasteiger charge is -2.29. The van der Waals surface area contributed by atoms with Crippen LogP contribution in [-0.2, 0) is 0 Å². The standard InChI is InChI=1S/C24H22N4O3/c29-24(30)27-13-4-5-18(16-27)23-26-22(21-15-25-12-14-28(21)23)17-8-10-20(11-9-17)31-19-6-2-1-3-7-19/h1-3,6-12,14-15,18H,4-5,13,16H2,(H,29,30)/t18-/m1/s1. The predicted molar refractivity (Wildman–Crippen MR) is 117 cm³/mol. The Morgan fingerprint density at radius 1 is 1.06 bits per heavy atom. The van der Waals surface area contributed by atoms with Gasteiger partial charge >= 0.3 is 6.09 Å². The number of fused-ring (bicyclic) bond motifs is 1. The molecule has 1 fully saturated rings. The van der Waals surface area contributed by atoms with Crippen LogP contribution in [-0.4, -0.2) is 43.6 Å². The number of hydrogen-bond donors (Lipinski definition) is 1. The Morgan fingerprint density at radius 3 is 2.61 bits per heavy atom. The van der Waals surface area contributed by atoms with E-state index in [4.69, 9.17) is 9.72 Å². The molecule has 0 radical (unpaired) electrons. The van der Waals surface area contributed by atoms with Gasteiger partial charge in [-0.25, -0.2) is 9.78 Å². The van der Waals surface area contributed by atoms with E-state index in [0.29, 0.717) is 13.1 Å². The molecule has 0 aliphatic carbocycles. The summed E-state index contributed by atoms with van der Waals surface area (Å²) in [4.78, 5) is 22.2. The van der Waals surface area contributed by atoms with Crippen molar-refractivity contribution in [2.75, 3.05) is 13.1 Å². The molecule has 0 spiro atoms. The molecule has 1 atom stereocenters. The van der Waals surface area contributed by atoms with E-state index in [1.165, 1.54) is 4.90 Å². The highest BCUT2D eigenvalue weighted by Crippen LogP contribution is 2.33. The summed E-state index contributed by atoms with van der Waals surface area (Å²) < 4.78 is 7.93. The largest absolute Gasteiger partial charge is 0.465 e. The molecular weight excluding hydrogens is 392 g/mol. The number of para-hydroxylation sites is 1. The highest BCUT2D eigenvalue weighted by atomic mass is 16.5. The molecule has 5 rings (SSSR count). The zero-order valence-electron chi connectivity index (χ0n) is 16.9. The van der Waals surface area contributed by atoms with Crippen LogP contribution in [0.4, 0.5) is 4.79 Å². The van der Waals surface area contributed by atoms with Crippen molar-refractivity contribution in [2.24, 2.45) is 0 Å². The fraction of sp³-hybridized carbons (Fsp3) is 0.208. The Morgan fingerprint density at radius 2 is 1.84 bits per heavy atom. The van der Waals surface area contributed by atoms with Crippen LogP contribution in [0.3, 0.4) is 0 Å². The van der Waals surface area contributed by atoms with Crippen LogP contribution in [0.15, 0.2) is 73.2 Å². The zero-order chi connectivity index (χ0) is 21.2. The minimum absolute atomic E-state index is 0.0502. The first-order chi connectivity index (χ1) is 15.2. The van der Waals surface area contributed by atoms with Gasteiger partial charge in [-0.3, -0.25) is 9.38 Å². The molecule has 1 saturated heterocycles. The maximum absolute atomic E-state index is 11.5. The van der Waals surface area contributed by atoms with Crippen LogP contribution >= 0.6 is 0 Å². The van der Waals surface area contributed by atoms with Gasteiger partial charge in [-0.05, 0) is 49.2 Å². The van der Waals surface area contributed by atoms with E-state index in [-0.39, 0.29) is 5.92 Å². The molecule has 0 unspecified atom stereocenters. The summed E-state index contributed by atoms with van der Waals surface area (Å²) in [7, 11) is 0. The van der Waals surface area contributed by atoms with Crippen molar-refractivity contribution in [1.82, 2.24) is 19.3 Å². The first-order valence-corrected chi connectivity index (χ1v) is 10.3. The van der Waals surface area contributed by atoms with E-state index in [0.717, 1.165) is 46.9 Å². The fourth-order valence-corrected chi connectivity index (χ4v) is 4.13. The highest BCUT2D eigenvalue weighted by Gasteiger charge is 2.28. The summed E-state index contributed by atoms with van der Waals surface area (Å²) in [5.74, 6) is 2.47. The van der Waals surface area contributed by atoms with Gasteiger partial charge in [0, 0.05) is 37.0 Å². The lowest BCUT2D eigenvalue weighted by Crippen LogP contribution is -2.38. The van der Waals surface area contributed by atoms with Crippen LogP contribution in [0.2, 0.25) is 0 Å². The van der Waals surface area contributed by atoms with E-state index in [1.54, 1.807) is 12.4 Å². The van der Waals surface area contributed by atoms with E-state index in [1.807, 2.05) is 65.2 Å². The van der Waals surface area contributed by atoms with Crippen molar-refractivity contribution >= 4 is 11.6 Å². The molecule has 2 aromatic carbocycles. The second kappa shape index (κ2) is 8.10. The number of carboxylic acid groups (broad SMARTS) is 1. The Hall–Kier alpha value is -3.87. The highest BCUT2D eigenvalue weighted by molar-refractivity contribution is 5.77. The molecule has 7 nitrogen and oxygen atoms in total. The summed E-state index contributed by atoms with van der Waals surface area (Å²) in [6, 6.07) is 17.5. The van der Waals surface area contributed by atoms with Crippen molar-refractivity contribution in [3.8, 4) is 22.8 Å². The number of likely N-dealkylation sites (tertiary alicyclic amines) is 1. The minimum Gasteiger partial charge on any atom is -0.465 e. The molecule has 7 heteroatoms. The van der Waals surface area contributed by atoms with Crippen molar-refractivity contribution in [3.63, 3.8) is 0 Å². The molecular formula is C24H22N4O3. The maximum atomic E-state index is 11.5. The molecule has 2 aromatic heterocycles. The summed E-state index contributed by atoms with van der Waals surface area (Å²) >= 11 is 0. The third kappa shape index (κ3) is 3.82. The smallest absolute Gasteiger partial charge is 0.407 e. The number of aromatic nitrogens is 3. The Kier molecular flexibility index (Phi) is 5.00. The van der Waals surface area contributed by atoms with Gasteiger partial charge in [0.15, 0.2) is 0 Å². The van der Waals surface area contributed by atoms with Crippen LogP contribution in [0.1, 0.15) is 24.6 Å². The second-order valence-corrected chi connectivity index (χ2v) is 7.66. The molecule has 1 N–H and O–H groups in total. The van der Waals surface area contributed by atoms with Crippen LogP contribution in [0.25, 0.3) is 16.8 Å². The Labute approximate surface area is 179 Å². The van der Waals surface area contributed by atoms with Crippen molar-refractivity contribution in [2.45, 2.75) is 18.8 Å². The van der Waals surface area contributed by atoms with Gasteiger partial charge in [-0.2, -0.15) is 0 Å². The number of carbonyl (C=O) groups is 1. The molecule has 1 aliphatic rings. The Bertz CT molecular complexity index is 1200. The predicted octanol–water partition coefficient (Wildman–Crippen LogP) is 5.05. The number of rotatable bonds is 4. The summed E-state index contributed by atoms with van der Waals surface area (Å²) in [6.45, 7) is 1.03. The van der Waals surface area contributed by atoms with Gasteiger partial charge in [-0.1, -0.05) is 18.2 Å². The number of hydrogen-bond acceptors (Lipinski definition) is 4. The fourth-order valence-electron chi connectivity index (χ4n) is 4.13. The van der Waals surface area contributed by atoms with Gasteiger partial charge in [0.1, 0.15) is 17.3 Å².